The van der Waals surface area contributed by atoms with Gasteiger partial charge in [0, 0.05) is 13.3 Å². The number of phenols is 2. The van der Waals surface area contributed by atoms with E-state index in [0.717, 1.165) is 0 Å². The van der Waals surface area contributed by atoms with E-state index in [1.54, 1.807) is 13.0 Å². The van der Waals surface area contributed by atoms with Crippen LogP contribution in [-0.2, 0) is 20.7 Å². The minimum atomic E-state index is -0.818. The highest BCUT2D eigenvalue weighted by molar-refractivity contribution is 5.83. The fraction of sp³-hybridized carbons (Fsp3) is 0.385. The van der Waals surface area contributed by atoms with Crippen LogP contribution in [-0.4, -0.2) is 34.7 Å². The lowest BCUT2D eigenvalue weighted by molar-refractivity contribution is -0.147. The van der Waals surface area contributed by atoms with Gasteiger partial charge in [-0.3, -0.25) is 4.79 Å². The van der Waals surface area contributed by atoms with Crippen LogP contribution in [0.25, 0.3) is 0 Å². The third kappa shape index (κ3) is 4.50. The Labute approximate surface area is 111 Å². The van der Waals surface area contributed by atoms with Crippen molar-refractivity contribution in [3.8, 4) is 11.5 Å². The number of phenolic OH excluding ortho intramolecular Hbond substituents is 2. The maximum atomic E-state index is 11.7. The fourth-order valence-corrected chi connectivity index (χ4v) is 1.61. The Morgan fingerprint density at radius 2 is 2.00 bits per heavy atom. The van der Waals surface area contributed by atoms with E-state index < -0.39 is 12.0 Å². The second-order valence-corrected chi connectivity index (χ2v) is 4.03. The molecule has 1 amide bonds. The van der Waals surface area contributed by atoms with E-state index in [9.17, 15) is 19.8 Å². The Bertz CT molecular complexity index is 472. The highest BCUT2D eigenvalue weighted by Crippen LogP contribution is 2.25. The summed E-state index contributed by atoms with van der Waals surface area (Å²) in [7, 11) is 0. The van der Waals surface area contributed by atoms with E-state index in [4.69, 9.17) is 4.74 Å². The van der Waals surface area contributed by atoms with Crippen LogP contribution in [0, 0.1) is 0 Å². The van der Waals surface area contributed by atoms with Gasteiger partial charge in [0.1, 0.15) is 6.04 Å². The van der Waals surface area contributed by atoms with Crippen LogP contribution in [0.4, 0.5) is 0 Å². The molecule has 0 radical (unpaired) electrons. The van der Waals surface area contributed by atoms with Gasteiger partial charge in [0.05, 0.1) is 6.61 Å². The summed E-state index contributed by atoms with van der Waals surface area (Å²) in [6, 6.07) is 3.40. The molecule has 3 N–H and O–H groups in total. The van der Waals surface area contributed by atoms with Crippen molar-refractivity contribution in [3.05, 3.63) is 23.8 Å². The lowest BCUT2D eigenvalue weighted by Gasteiger charge is -2.16. The van der Waals surface area contributed by atoms with Crippen molar-refractivity contribution in [1.29, 1.82) is 0 Å². The number of hydrogen-bond acceptors (Lipinski definition) is 5. The minimum absolute atomic E-state index is 0.173. The summed E-state index contributed by atoms with van der Waals surface area (Å²) in [6.07, 6.45) is 0.173. The number of aromatic hydroxyl groups is 2. The molecule has 1 rings (SSSR count). The summed E-state index contributed by atoms with van der Waals surface area (Å²) < 4.78 is 4.87. The second kappa shape index (κ2) is 6.63. The average Bonchev–Trinajstić information content (AvgIpc) is 2.33. The zero-order chi connectivity index (χ0) is 14.4. The number of esters is 1. The van der Waals surface area contributed by atoms with Crippen LogP contribution in [0.3, 0.4) is 0 Å². The van der Waals surface area contributed by atoms with Crippen molar-refractivity contribution in [3.63, 3.8) is 0 Å². The molecule has 104 valence electrons. The van der Waals surface area contributed by atoms with Crippen LogP contribution in [0.1, 0.15) is 19.4 Å². The molecule has 0 aliphatic carbocycles. The number of rotatable bonds is 5. The predicted octanol–water partition coefficient (Wildman–Crippen LogP) is 0.708. The molecular formula is C13H17NO5. The minimum Gasteiger partial charge on any atom is -0.504 e. The Kier molecular flexibility index (Phi) is 5.17. The molecule has 1 atom stereocenters. The van der Waals surface area contributed by atoms with Crippen molar-refractivity contribution in [2.75, 3.05) is 6.61 Å². The Balaban J connectivity index is 2.83. The van der Waals surface area contributed by atoms with Gasteiger partial charge in [-0.2, -0.15) is 0 Å². The quantitative estimate of drug-likeness (QED) is 0.539. The highest BCUT2D eigenvalue weighted by Gasteiger charge is 2.21. The van der Waals surface area contributed by atoms with Crippen molar-refractivity contribution < 1.29 is 24.5 Å². The molecule has 0 fully saturated rings. The van der Waals surface area contributed by atoms with Gasteiger partial charge in [-0.25, -0.2) is 4.79 Å². The van der Waals surface area contributed by atoms with Gasteiger partial charge in [0.25, 0.3) is 0 Å². The Hall–Kier alpha value is -2.24. The molecule has 0 aliphatic rings. The monoisotopic (exact) mass is 267 g/mol. The third-order valence-corrected chi connectivity index (χ3v) is 2.43. The summed E-state index contributed by atoms with van der Waals surface area (Å²) in [5.41, 5.74) is 0.599. The lowest BCUT2D eigenvalue weighted by Crippen LogP contribution is -2.42. The van der Waals surface area contributed by atoms with E-state index in [0.29, 0.717) is 5.56 Å². The Morgan fingerprint density at radius 3 is 2.53 bits per heavy atom. The van der Waals surface area contributed by atoms with E-state index in [1.807, 2.05) is 0 Å². The van der Waals surface area contributed by atoms with E-state index in [1.165, 1.54) is 19.1 Å². The number of amides is 1. The van der Waals surface area contributed by atoms with Gasteiger partial charge >= 0.3 is 5.97 Å². The molecule has 0 saturated heterocycles. The number of ether oxygens (including phenoxy) is 1. The first kappa shape index (κ1) is 14.8. The number of carbonyl (C=O) groups excluding carboxylic acids is 2. The molecular weight excluding hydrogens is 250 g/mol. The first-order chi connectivity index (χ1) is 8.93. The zero-order valence-electron chi connectivity index (χ0n) is 10.8. The van der Waals surface area contributed by atoms with E-state index in [-0.39, 0.29) is 30.4 Å². The number of nitrogens with one attached hydrogen (secondary N) is 1. The van der Waals surface area contributed by atoms with E-state index in [2.05, 4.69) is 5.32 Å². The SMILES string of the molecule is CCOC(=O)[C@H](Cc1ccc(O)c(O)c1)NC(C)=O. The number of benzene rings is 1. The Morgan fingerprint density at radius 1 is 1.32 bits per heavy atom. The van der Waals surface area contributed by atoms with Gasteiger partial charge in [-0.05, 0) is 24.6 Å². The van der Waals surface area contributed by atoms with E-state index >= 15 is 0 Å². The van der Waals surface area contributed by atoms with Crippen LogP contribution in [0.5, 0.6) is 11.5 Å². The molecule has 19 heavy (non-hydrogen) atoms. The highest BCUT2D eigenvalue weighted by atomic mass is 16.5. The fourth-order valence-electron chi connectivity index (χ4n) is 1.61. The maximum Gasteiger partial charge on any atom is 0.328 e. The molecule has 0 heterocycles. The van der Waals surface area contributed by atoms with Gasteiger partial charge in [0.15, 0.2) is 11.5 Å². The first-order valence-electron chi connectivity index (χ1n) is 5.88. The van der Waals surface area contributed by atoms with Gasteiger partial charge in [-0.15, -0.1) is 0 Å². The topological polar surface area (TPSA) is 95.9 Å². The predicted molar refractivity (Wildman–Crippen MR) is 67.7 cm³/mol. The summed E-state index contributed by atoms with van der Waals surface area (Å²) in [5, 5.41) is 21.1. The summed E-state index contributed by atoms with van der Waals surface area (Å²) in [4.78, 5) is 22.8. The van der Waals surface area contributed by atoms with Crippen molar-refractivity contribution in [2.24, 2.45) is 0 Å². The molecule has 0 aromatic heterocycles. The van der Waals surface area contributed by atoms with Gasteiger partial charge in [0.2, 0.25) is 5.91 Å². The zero-order valence-corrected chi connectivity index (χ0v) is 10.8. The molecule has 0 unspecified atom stereocenters. The molecule has 0 saturated carbocycles. The lowest BCUT2D eigenvalue weighted by atomic mass is 10.1. The number of hydrogen-bond donors (Lipinski definition) is 3. The molecule has 1 aromatic carbocycles. The molecule has 0 spiro atoms. The molecule has 0 aliphatic heterocycles. The van der Waals surface area contributed by atoms with Crippen LogP contribution in [0.15, 0.2) is 18.2 Å². The molecule has 6 nitrogen and oxygen atoms in total. The molecule has 1 aromatic rings. The first-order valence-corrected chi connectivity index (χ1v) is 5.88. The summed E-state index contributed by atoms with van der Waals surface area (Å²) in [6.45, 7) is 3.20. The van der Waals surface area contributed by atoms with Crippen molar-refractivity contribution in [2.45, 2.75) is 26.3 Å². The summed E-state index contributed by atoms with van der Waals surface area (Å²) >= 11 is 0. The van der Waals surface area contributed by atoms with Gasteiger partial charge < -0.3 is 20.3 Å². The largest absolute Gasteiger partial charge is 0.504 e. The van der Waals surface area contributed by atoms with Crippen LogP contribution >= 0.6 is 0 Å². The maximum absolute atomic E-state index is 11.7. The van der Waals surface area contributed by atoms with Gasteiger partial charge in [-0.1, -0.05) is 6.07 Å². The second-order valence-electron chi connectivity index (χ2n) is 4.03. The van der Waals surface area contributed by atoms with Crippen LogP contribution in [0.2, 0.25) is 0 Å². The average molecular weight is 267 g/mol. The molecule has 6 heteroatoms. The molecule has 0 bridgehead atoms. The van der Waals surface area contributed by atoms with Crippen molar-refractivity contribution >= 4 is 11.9 Å². The third-order valence-electron chi connectivity index (χ3n) is 2.43. The van der Waals surface area contributed by atoms with Crippen LogP contribution < -0.4 is 5.32 Å². The summed E-state index contributed by atoms with van der Waals surface area (Å²) in [5.74, 6) is -1.40. The normalized spacial score (nSPS) is 11.7. The number of carbonyl (C=O) groups is 2. The smallest absolute Gasteiger partial charge is 0.328 e. The van der Waals surface area contributed by atoms with Crippen molar-refractivity contribution in [1.82, 2.24) is 5.32 Å². The standard InChI is InChI=1S/C13H17NO5/c1-3-19-13(18)10(14-8(2)15)6-9-4-5-11(16)12(17)7-9/h4-5,7,10,16-17H,3,6H2,1-2H3,(H,14,15)/t10-/m0/s1.